The molecule has 0 aliphatic carbocycles. The summed E-state index contributed by atoms with van der Waals surface area (Å²) in [4.78, 5) is 20.4. The number of amides is 1. The lowest BCUT2D eigenvalue weighted by atomic mass is 10.0. The van der Waals surface area contributed by atoms with Crippen LogP contribution in [0.25, 0.3) is 11.0 Å². The molecular formula is C13H15N3O4. The predicted molar refractivity (Wildman–Crippen MR) is 71.0 cm³/mol. The van der Waals surface area contributed by atoms with Gasteiger partial charge in [0.1, 0.15) is 11.1 Å². The van der Waals surface area contributed by atoms with Gasteiger partial charge in [-0.25, -0.2) is 0 Å². The van der Waals surface area contributed by atoms with E-state index in [9.17, 15) is 20.1 Å². The Morgan fingerprint density at radius 2 is 1.75 bits per heavy atom. The number of nitrogens with zero attached hydrogens (tertiary/aromatic N) is 2. The lowest BCUT2D eigenvalue weighted by molar-refractivity contribution is 0.0376. The third kappa shape index (κ3) is 2.60. The van der Waals surface area contributed by atoms with Gasteiger partial charge in [0.2, 0.25) is 0 Å². The number of aliphatic hydroxyl groups is 3. The Morgan fingerprint density at radius 3 is 2.40 bits per heavy atom. The van der Waals surface area contributed by atoms with Crippen molar-refractivity contribution in [2.45, 2.75) is 5.54 Å². The standard InChI is InChI=1S/C13H15N3O4/c17-6-13(7-18,8-19)16-12(20)9-2-1-3-10-11(9)15-5-4-14-10/h1-5,17-19H,6-8H2,(H,16,20). The van der Waals surface area contributed by atoms with Crippen molar-refractivity contribution in [2.75, 3.05) is 19.8 Å². The Morgan fingerprint density at radius 1 is 1.10 bits per heavy atom. The minimum atomic E-state index is -1.47. The van der Waals surface area contributed by atoms with Gasteiger partial charge in [-0.1, -0.05) is 6.07 Å². The normalized spacial score (nSPS) is 11.6. The molecule has 106 valence electrons. The summed E-state index contributed by atoms with van der Waals surface area (Å²) in [5.74, 6) is -0.548. The van der Waals surface area contributed by atoms with Gasteiger partial charge in [-0.05, 0) is 12.1 Å². The van der Waals surface area contributed by atoms with Gasteiger partial charge in [-0.3, -0.25) is 14.8 Å². The zero-order chi connectivity index (χ0) is 14.6. The molecule has 4 N–H and O–H groups in total. The van der Waals surface area contributed by atoms with Crippen LogP contribution in [0, 0.1) is 0 Å². The number of benzene rings is 1. The Kier molecular flexibility index (Phi) is 4.23. The van der Waals surface area contributed by atoms with Crippen LogP contribution in [-0.2, 0) is 0 Å². The molecule has 0 fully saturated rings. The topological polar surface area (TPSA) is 116 Å². The molecule has 0 saturated carbocycles. The van der Waals surface area contributed by atoms with E-state index >= 15 is 0 Å². The number of aliphatic hydroxyl groups excluding tert-OH is 3. The van der Waals surface area contributed by atoms with Crippen molar-refractivity contribution in [3.63, 3.8) is 0 Å². The molecule has 0 atom stereocenters. The van der Waals surface area contributed by atoms with E-state index in [1.807, 2.05) is 0 Å². The van der Waals surface area contributed by atoms with Gasteiger partial charge in [-0.2, -0.15) is 0 Å². The summed E-state index contributed by atoms with van der Waals surface area (Å²) in [5, 5.41) is 30.1. The van der Waals surface area contributed by atoms with E-state index in [0.717, 1.165) is 0 Å². The van der Waals surface area contributed by atoms with E-state index in [4.69, 9.17) is 0 Å². The second-order valence-electron chi connectivity index (χ2n) is 4.44. The van der Waals surface area contributed by atoms with E-state index in [-0.39, 0.29) is 5.56 Å². The monoisotopic (exact) mass is 277 g/mol. The highest BCUT2D eigenvalue weighted by molar-refractivity contribution is 6.04. The van der Waals surface area contributed by atoms with Crippen molar-refractivity contribution in [1.82, 2.24) is 15.3 Å². The highest BCUT2D eigenvalue weighted by atomic mass is 16.3. The average molecular weight is 277 g/mol. The van der Waals surface area contributed by atoms with Crippen LogP contribution < -0.4 is 5.32 Å². The van der Waals surface area contributed by atoms with Crippen LogP contribution in [-0.4, -0.2) is 56.6 Å². The van der Waals surface area contributed by atoms with Gasteiger partial charge in [0.25, 0.3) is 5.91 Å². The predicted octanol–water partition coefficient (Wildman–Crippen LogP) is -0.925. The second kappa shape index (κ2) is 5.91. The highest BCUT2D eigenvalue weighted by Gasteiger charge is 2.30. The number of hydrogen-bond acceptors (Lipinski definition) is 6. The number of nitrogens with one attached hydrogen (secondary N) is 1. The van der Waals surface area contributed by atoms with Gasteiger partial charge in [0.15, 0.2) is 0 Å². The summed E-state index contributed by atoms with van der Waals surface area (Å²) in [6, 6.07) is 4.93. The van der Waals surface area contributed by atoms with E-state index < -0.39 is 31.3 Å². The highest BCUT2D eigenvalue weighted by Crippen LogP contribution is 2.15. The number of aromatic nitrogens is 2. The van der Waals surface area contributed by atoms with E-state index in [2.05, 4.69) is 15.3 Å². The van der Waals surface area contributed by atoms with Gasteiger partial charge in [-0.15, -0.1) is 0 Å². The van der Waals surface area contributed by atoms with Crippen molar-refractivity contribution < 1.29 is 20.1 Å². The van der Waals surface area contributed by atoms with Crippen molar-refractivity contribution in [2.24, 2.45) is 0 Å². The maximum absolute atomic E-state index is 12.2. The van der Waals surface area contributed by atoms with E-state index in [0.29, 0.717) is 11.0 Å². The molecule has 1 amide bonds. The number of hydrogen-bond donors (Lipinski definition) is 4. The Balaban J connectivity index is 2.37. The molecule has 0 aliphatic rings. The first-order chi connectivity index (χ1) is 9.65. The zero-order valence-corrected chi connectivity index (χ0v) is 10.7. The summed E-state index contributed by atoms with van der Waals surface area (Å²) >= 11 is 0. The Labute approximate surface area is 114 Å². The molecule has 1 aromatic carbocycles. The van der Waals surface area contributed by atoms with Gasteiger partial charge < -0.3 is 20.6 Å². The molecular weight excluding hydrogens is 262 g/mol. The molecule has 1 aromatic heterocycles. The van der Waals surface area contributed by atoms with Crippen LogP contribution in [0.5, 0.6) is 0 Å². The first-order valence-corrected chi connectivity index (χ1v) is 6.00. The molecule has 0 aliphatic heterocycles. The van der Waals surface area contributed by atoms with E-state index in [1.165, 1.54) is 12.4 Å². The molecule has 7 heteroatoms. The summed E-state index contributed by atoms with van der Waals surface area (Å²) < 4.78 is 0. The summed E-state index contributed by atoms with van der Waals surface area (Å²) in [6.45, 7) is -1.74. The number of carbonyl (C=O) groups excluding carboxylic acids is 1. The lowest BCUT2D eigenvalue weighted by Crippen LogP contribution is -2.57. The molecule has 0 bridgehead atoms. The van der Waals surface area contributed by atoms with Gasteiger partial charge in [0, 0.05) is 12.4 Å². The molecule has 0 unspecified atom stereocenters. The zero-order valence-electron chi connectivity index (χ0n) is 10.7. The first-order valence-electron chi connectivity index (χ1n) is 6.00. The smallest absolute Gasteiger partial charge is 0.254 e. The molecule has 0 saturated heterocycles. The van der Waals surface area contributed by atoms with Crippen LogP contribution in [0.3, 0.4) is 0 Å². The maximum atomic E-state index is 12.2. The number of rotatable bonds is 5. The maximum Gasteiger partial charge on any atom is 0.254 e. The SMILES string of the molecule is O=C(NC(CO)(CO)CO)c1cccc2nccnc12. The summed E-state index contributed by atoms with van der Waals surface area (Å²) in [7, 11) is 0. The Bertz CT molecular complexity index is 600. The van der Waals surface area contributed by atoms with E-state index in [1.54, 1.807) is 18.2 Å². The van der Waals surface area contributed by atoms with Gasteiger partial charge >= 0.3 is 0 Å². The Hall–Kier alpha value is -2.09. The van der Waals surface area contributed by atoms with Crippen molar-refractivity contribution >= 4 is 16.9 Å². The fourth-order valence-corrected chi connectivity index (χ4v) is 1.75. The van der Waals surface area contributed by atoms with Crippen LogP contribution in [0.4, 0.5) is 0 Å². The van der Waals surface area contributed by atoms with Crippen molar-refractivity contribution in [3.05, 3.63) is 36.2 Å². The number of fused-ring (bicyclic) bond motifs is 1. The van der Waals surface area contributed by atoms with Crippen molar-refractivity contribution in [3.8, 4) is 0 Å². The average Bonchev–Trinajstić information content (AvgIpc) is 2.52. The third-order valence-corrected chi connectivity index (χ3v) is 3.03. The van der Waals surface area contributed by atoms with Crippen LogP contribution in [0.15, 0.2) is 30.6 Å². The third-order valence-electron chi connectivity index (χ3n) is 3.03. The van der Waals surface area contributed by atoms with Crippen LogP contribution in [0.2, 0.25) is 0 Å². The fourth-order valence-electron chi connectivity index (χ4n) is 1.75. The fraction of sp³-hybridized carbons (Fsp3) is 0.308. The first kappa shape index (κ1) is 14.3. The van der Waals surface area contributed by atoms with Crippen LogP contribution in [0.1, 0.15) is 10.4 Å². The minimum absolute atomic E-state index is 0.260. The second-order valence-corrected chi connectivity index (χ2v) is 4.44. The largest absolute Gasteiger partial charge is 0.394 e. The number of carbonyl (C=O) groups is 1. The quantitative estimate of drug-likeness (QED) is 0.561. The lowest BCUT2D eigenvalue weighted by Gasteiger charge is -2.28. The molecule has 20 heavy (non-hydrogen) atoms. The summed E-state index contributed by atoms with van der Waals surface area (Å²) in [5.41, 5.74) is -0.241. The summed E-state index contributed by atoms with van der Waals surface area (Å²) in [6.07, 6.45) is 2.99. The molecule has 0 spiro atoms. The minimum Gasteiger partial charge on any atom is -0.394 e. The molecule has 0 radical (unpaired) electrons. The molecule has 7 nitrogen and oxygen atoms in total. The molecule has 1 heterocycles. The molecule has 2 aromatic rings. The van der Waals surface area contributed by atoms with Crippen LogP contribution >= 0.6 is 0 Å². The van der Waals surface area contributed by atoms with Gasteiger partial charge in [0.05, 0.1) is 30.9 Å². The molecule has 2 rings (SSSR count). The number of para-hydroxylation sites is 1. The van der Waals surface area contributed by atoms with Crippen molar-refractivity contribution in [1.29, 1.82) is 0 Å².